The minimum absolute atomic E-state index is 0.0809. The molecule has 0 N–H and O–H groups in total. The molecule has 2 unspecified atom stereocenters. The van der Waals surface area contributed by atoms with Crippen LogP contribution in [0.2, 0.25) is 0 Å². The predicted molar refractivity (Wildman–Crippen MR) is 204 cm³/mol. The molecular weight excluding hydrogens is 566 g/mol. The van der Waals surface area contributed by atoms with Crippen LogP contribution >= 0.6 is 16.5 Å². The SMILES string of the molecule is CC(C)(C)c1cc(C(C)(C)C)c(C2[P-]C(c3c(C(C)(C)C)cc(C(C)(C)C)cc3C(C)(C)C)P2C(C)(C)C)c(C(C)(C)C)c1. The predicted octanol–water partition coefficient (Wildman–Crippen LogP) is 14.4. The van der Waals surface area contributed by atoms with Gasteiger partial charge in [-0.2, -0.15) is 0 Å². The first-order chi connectivity index (χ1) is 19.3. The van der Waals surface area contributed by atoms with Gasteiger partial charge in [-0.15, -0.1) is 18.7 Å². The zero-order valence-electron chi connectivity index (χ0n) is 32.9. The molecule has 2 atom stereocenters. The Hall–Kier alpha value is -0.700. The highest BCUT2D eigenvalue weighted by Crippen LogP contribution is 2.90. The van der Waals surface area contributed by atoms with Crippen molar-refractivity contribution in [2.75, 3.05) is 0 Å². The molecule has 0 bridgehead atoms. The number of hydrogen-bond acceptors (Lipinski definition) is 0. The Morgan fingerprint density at radius 2 is 0.614 bits per heavy atom. The summed E-state index contributed by atoms with van der Waals surface area (Å²) in [6.45, 7) is 51.2. The zero-order valence-corrected chi connectivity index (χ0v) is 34.6. The van der Waals surface area contributed by atoms with Crippen molar-refractivity contribution < 1.29 is 0 Å². The molecule has 3 rings (SSSR count). The van der Waals surface area contributed by atoms with Crippen molar-refractivity contribution in [2.24, 2.45) is 0 Å². The lowest BCUT2D eigenvalue weighted by Crippen LogP contribution is -2.32. The van der Waals surface area contributed by atoms with Crippen molar-refractivity contribution in [3.8, 4) is 0 Å². The van der Waals surface area contributed by atoms with Crippen molar-refractivity contribution in [1.29, 1.82) is 0 Å². The van der Waals surface area contributed by atoms with Crippen molar-refractivity contribution >= 4 is 16.5 Å². The Bertz CT molecular complexity index is 1190. The summed E-state index contributed by atoms with van der Waals surface area (Å²) in [6, 6.07) is 10.4. The quantitative estimate of drug-likeness (QED) is 0.288. The molecule has 1 saturated heterocycles. The lowest BCUT2D eigenvalue weighted by molar-refractivity contribution is 0.538. The normalized spacial score (nSPS) is 21.5. The van der Waals surface area contributed by atoms with Gasteiger partial charge in [0, 0.05) is 0 Å². The first kappa shape index (κ1) is 37.8. The fourth-order valence-corrected chi connectivity index (χ4v) is 14.5. The van der Waals surface area contributed by atoms with Crippen LogP contribution in [0.15, 0.2) is 24.3 Å². The maximum absolute atomic E-state index is 2.60. The number of rotatable bonds is 2. The highest BCUT2D eigenvalue weighted by Gasteiger charge is 2.44. The van der Waals surface area contributed by atoms with Gasteiger partial charge >= 0.3 is 0 Å². The molecule has 1 aliphatic rings. The summed E-state index contributed by atoms with van der Waals surface area (Å²) in [4.78, 5) is 0. The molecule has 0 radical (unpaired) electrons. The standard InChI is InChI=1S/C42H69P2/c1-36(2,3)26-22-28(38(7,8)9)32(29(23-26)39(10,11)12)34-43-35(44(34)42(19,20)21)33-30(40(13,14)15)24-27(37(4,5)6)25-31(33)41(16,17)18/h22-25,34-35H,1-21H3/q-1. The summed E-state index contributed by atoms with van der Waals surface area (Å²) in [6.07, 6.45) is 0. The lowest BCUT2D eigenvalue weighted by Gasteiger charge is -2.67. The Kier molecular flexibility index (Phi) is 9.84. The van der Waals surface area contributed by atoms with E-state index in [-0.39, 0.29) is 45.6 Å². The Balaban J connectivity index is 2.44. The van der Waals surface area contributed by atoms with Gasteiger partial charge < -0.3 is 8.58 Å². The second kappa shape index (κ2) is 11.5. The van der Waals surface area contributed by atoms with Crippen molar-refractivity contribution in [1.82, 2.24) is 0 Å². The third-order valence-electron chi connectivity index (χ3n) is 9.42. The van der Waals surface area contributed by atoms with Crippen molar-refractivity contribution in [3.05, 3.63) is 68.8 Å². The van der Waals surface area contributed by atoms with E-state index in [2.05, 4.69) is 170 Å². The highest BCUT2D eigenvalue weighted by atomic mass is 31.2. The highest BCUT2D eigenvalue weighted by molar-refractivity contribution is 7.85. The van der Waals surface area contributed by atoms with Crippen LogP contribution in [0.4, 0.5) is 0 Å². The Morgan fingerprint density at radius 3 is 0.773 bits per heavy atom. The van der Waals surface area contributed by atoms with Crippen molar-refractivity contribution in [2.45, 2.75) is 194 Å². The molecule has 248 valence electrons. The van der Waals surface area contributed by atoms with Crippen LogP contribution in [0.1, 0.15) is 201 Å². The average molecular weight is 636 g/mol. The van der Waals surface area contributed by atoms with E-state index >= 15 is 0 Å². The molecule has 44 heavy (non-hydrogen) atoms. The molecule has 2 aromatic rings. The van der Waals surface area contributed by atoms with Gasteiger partial charge in [-0.1, -0.05) is 181 Å². The Labute approximate surface area is 278 Å². The van der Waals surface area contributed by atoms with Gasteiger partial charge in [0.2, 0.25) is 0 Å². The van der Waals surface area contributed by atoms with Crippen LogP contribution in [0.3, 0.4) is 0 Å². The van der Waals surface area contributed by atoms with E-state index in [1.807, 2.05) is 0 Å². The van der Waals surface area contributed by atoms with Gasteiger partial charge in [-0.3, -0.25) is 0 Å². The molecule has 0 amide bonds. The molecule has 0 aromatic heterocycles. The van der Waals surface area contributed by atoms with Crippen LogP contribution in [-0.2, 0) is 32.5 Å². The van der Waals surface area contributed by atoms with E-state index in [1.54, 1.807) is 42.0 Å². The molecule has 1 fully saturated rings. The number of benzene rings is 2. The van der Waals surface area contributed by atoms with E-state index in [4.69, 9.17) is 0 Å². The van der Waals surface area contributed by atoms with Crippen LogP contribution in [0.25, 0.3) is 0 Å². The van der Waals surface area contributed by atoms with Crippen LogP contribution in [0.5, 0.6) is 0 Å². The van der Waals surface area contributed by atoms with E-state index < -0.39 is 0 Å². The van der Waals surface area contributed by atoms with Crippen LogP contribution in [0, 0.1) is 0 Å². The van der Waals surface area contributed by atoms with Crippen molar-refractivity contribution in [3.63, 3.8) is 0 Å². The molecule has 2 aromatic carbocycles. The maximum Gasteiger partial charge on any atom is -0.0130 e. The summed E-state index contributed by atoms with van der Waals surface area (Å²) in [5.74, 6) is 0. The molecule has 0 aliphatic carbocycles. The fourth-order valence-electron chi connectivity index (χ4n) is 6.71. The van der Waals surface area contributed by atoms with Gasteiger partial charge in [-0.25, -0.2) is 0 Å². The minimum atomic E-state index is -0.360. The smallest absolute Gasteiger partial charge is 0.0130 e. The molecule has 0 nitrogen and oxygen atoms in total. The molecular formula is C42H69P2-. The fraction of sp³-hybridized carbons (Fsp3) is 0.714. The van der Waals surface area contributed by atoms with Gasteiger partial charge in [-0.05, 0) is 71.0 Å². The molecule has 1 heterocycles. The molecule has 2 heteroatoms. The largest absolute Gasteiger partial charge is 0.514 e. The minimum Gasteiger partial charge on any atom is -0.514 e. The number of hydrogen-bond donors (Lipinski definition) is 0. The molecule has 0 spiro atoms. The summed E-state index contributed by atoms with van der Waals surface area (Å²) in [5, 5.41) is 1.39. The maximum atomic E-state index is 2.60. The topological polar surface area (TPSA) is 0 Å². The van der Waals surface area contributed by atoms with E-state index in [9.17, 15) is 0 Å². The first-order valence-electron chi connectivity index (χ1n) is 17.1. The zero-order chi connectivity index (χ0) is 34.4. The van der Waals surface area contributed by atoms with E-state index in [0.717, 1.165) is 0 Å². The van der Waals surface area contributed by atoms with Gasteiger partial charge in [0.1, 0.15) is 0 Å². The second-order valence-electron chi connectivity index (χ2n) is 20.9. The van der Waals surface area contributed by atoms with Crippen LogP contribution in [-0.4, -0.2) is 5.16 Å². The second-order valence-corrected chi connectivity index (χ2v) is 26.3. The Morgan fingerprint density at radius 1 is 0.386 bits per heavy atom. The van der Waals surface area contributed by atoms with E-state index in [1.165, 1.54) is 11.1 Å². The summed E-state index contributed by atoms with van der Waals surface area (Å²) in [7, 11) is 1.24. The third kappa shape index (κ3) is 7.71. The summed E-state index contributed by atoms with van der Waals surface area (Å²) < 4.78 is 0. The monoisotopic (exact) mass is 635 g/mol. The average Bonchev–Trinajstić information content (AvgIpc) is 2.72. The van der Waals surface area contributed by atoms with Gasteiger partial charge in [0.05, 0.1) is 0 Å². The third-order valence-corrected chi connectivity index (χ3v) is 15.9. The molecule has 0 saturated carbocycles. The van der Waals surface area contributed by atoms with E-state index in [0.29, 0.717) is 10.8 Å². The summed E-state index contributed by atoms with van der Waals surface area (Å²) >= 11 is 0. The van der Waals surface area contributed by atoms with Crippen LogP contribution < -0.4 is 0 Å². The first-order valence-corrected chi connectivity index (χ1v) is 19.7. The molecule has 1 aliphatic heterocycles. The summed E-state index contributed by atoms with van der Waals surface area (Å²) in [5.41, 5.74) is 13.2. The lowest BCUT2D eigenvalue weighted by atomic mass is 9.72. The van der Waals surface area contributed by atoms with Gasteiger partial charge in [0.25, 0.3) is 0 Å². The van der Waals surface area contributed by atoms with Gasteiger partial charge in [0.15, 0.2) is 0 Å².